The van der Waals surface area contributed by atoms with Crippen molar-refractivity contribution < 1.29 is 27.9 Å². The van der Waals surface area contributed by atoms with Crippen LogP contribution in [0.15, 0.2) is 76.6 Å². The Hall–Kier alpha value is -3.38. The summed E-state index contributed by atoms with van der Waals surface area (Å²) in [6.45, 7) is 0.534. The molecule has 2 heterocycles. The van der Waals surface area contributed by atoms with Crippen LogP contribution < -0.4 is 10.3 Å². The maximum absolute atomic E-state index is 13.6. The molecule has 4 rings (SSSR count). The predicted octanol–water partition coefficient (Wildman–Crippen LogP) is 2.58. The van der Waals surface area contributed by atoms with Gasteiger partial charge in [0.25, 0.3) is 5.56 Å². The van der Waals surface area contributed by atoms with Gasteiger partial charge in [0.05, 0.1) is 24.7 Å². The SMILES string of the molecule is O=C(CN(Cc1cccn(O)c1=O)S(=O)(=O)c1ccc(Oc2ccc(Cl)cc2)cc1)N1CCOCC1. The van der Waals surface area contributed by atoms with Crippen LogP contribution in [0.25, 0.3) is 0 Å². The van der Waals surface area contributed by atoms with E-state index in [9.17, 15) is 23.2 Å². The Labute approximate surface area is 212 Å². The Morgan fingerprint density at radius 2 is 1.64 bits per heavy atom. The Bertz CT molecular complexity index is 1370. The third-order valence-corrected chi connectivity index (χ3v) is 7.60. The van der Waals surface area contributed by atoms with Crippen LogP contribution in [0.5, 0.6) is 11.5 Å². The molecule has 1 N–H and O–H groups in total. The lowest BCUT2D eigenvalue weighted by atomic mass is 10.3. The largest absolute Gasteiger partial charge is 0.457 e. The van der Waals surface area contributed by atoms with E-state index < -0.39 is 34.6 Å². The first-order valence-electron chi connectivity index (χ1n) is 11.0. The second kappa shape index (κ2) is 11.1. The second-order valence-electron chi connectivity index (χ2n) is 7.98. The quantitative estimate of drug-likeness (QED) is 0.442. The lowest BCUT2D eigenvalue weighted by Gasteiger charge is -2.29. The van der Waals surface area contributed by atoms with Crippen molar-refractivity contribution >= 4 is 27.5 Å². The normalized spacial score (nSPS) is 14.1. The smallest absolute Gasteiger partial charge is 0.287 e. The maximum atomic E-state index is 13.6. The van der Waals surface area contributed by atoms with Gasteiger partial charge in [-0.1, -0.05) is 17.7 Å². The molecule has 0 aliphatic carbocycles. The summed E-state index contributed by atoms with van der Waals surface area (Å²) in [7, 11) is -4.21. The maximum Gasteiger partial charge on any atom is 0.287 e. The van der Waals surface area contributed by atoms with Crippen LogP contribution in [0.3, 0.4) is 0 Å². The molecule has 36 heavy (non-hydrogen) atoms. The first-order chi connectivity index (χ1) is 17.2. The van der Waals surface area contributed by atoms with E-state index in [1.807, 2.05) is 0 Å². The predicted molar refractivity (Wildman–Crippen MR) is 131 cm³/mol. The summed E-state index contributed by atoms with van der Waals surface area (Å²) in [6.07, 6.45) is 1.14. The average molecular weight is 534 g/mol. The van der Waals surface area contributed by atoms with E-state index >= 15 is 0 Å². The highest BCUT2D eigenvalue weighted by Gasteiger charge is 2.30. The number of hydrogen-bond acceptors (Lipinski definition) is 7. The second-order valence-corrected chi connectivity index (χ2v) is 10.4. The van der Waals surface area contributed by atoms with Gasteiger partial charge in [-0.15, -0.1) is 0 Å². The number of sulfonamides is 1. The van der Waals surface area contributed by atoms with E-state index in [0.29, 0.717) is 47.6 Å². The molecule has 12 heteroatoms. The fourth-order valence-corrected chi connectivity index (χ4v) is 5.09. The molecule has 1 amide bonds. The van der Waals surface area contributed by atoms with Crippen molar-refractivity contribution in [3.63, 3.8) is 0 Å². The van der Waals surface area contributed by atoms with Gasteiger partial charge in [-0.05, 0) is 54.6 Å². The van der Waals surface area contributed by atoms with Gasteiger partial charge in [-0.2, -0.15) is 9.04 Å². The average Bonchev–Trinajstić information content (AvgIpc) is 2.88. The van der Waals surface area contributed by atoms with Crippen LogP contribution in [-0.4, -0.2) is 66.3 Å². The summed E-state index contributed by atoms with van der Waals surface area (Å²) in [5.41, 5.74) is -0.760. The van der Waals surface area contributed by atoms with Gasteiger partial charge in [-0.3, -0.25) is 9.59 Å². The third kappa shape index (κ3) is 6.05. The minimum Gasteiger partial charge on any atom is -0.457 e. The number of amides is 1. The van der Waals surface area contributed by atoms with Crippen LogP contribution in [-0.2, 0) is 26.1 Å². The van der Waals surface area contributed by atoms with Gasteiger partial charge < -0.3 is 19.6 Å². The zero-order valence-corrected chi connectivity index (χ0v) is 20.7. The Kier molecular flexibility index (Phi) is 7.94. The van der Waals surface area contributed by atoms with E-state index in [1.54, 1.807) is 24.3 Å². The molecule has 10 nitrogen and oxygen atoms in total. The van der Waals surface area contributed by atoms with Crippen molar-refractivity contribution in [2.75, 3.05) is 32.8 Å². The molecule has 0 saturated carbocycles. The molecule has 0 radical (unpaired) electrons. The Balaban J connectivity index is 1.59. The summed E-state index contributed by atoms with van der Waals surface area (Å²) < 4.78 is 39.4. The number of halogens is 1. The topological polar surface area (TPSA) is 118 Å². The zero-order valence-electron chi connectivity index (χ0n) is 19.1. The molecule has 1 saturated heterocycles. The first kappa shape index (κ1) is 25.7. The van der Waals surface area contributed by atoms with Crippen molar-refractivity contribution in [2.45, 2.75) is 11.4 Å². The highest BCUT2D eigenvalue weighted by molar-refractivity contribution is 7.89. The number of ether oxygens (including phenoxy) is 2. The number of carbonyl (C=O) groups is 1. The minimum absolute atomic E-state index is 0.0149. The third-order valence-electron chi connectivity index (χ3n) is 5.54. The van der Waals surface area contributed by atoms with Gasteiger partial charge in [0.15, 0.2) is 0 Å². The van der Waals surface area contributed by atoms with Crippen molar-refractivity contribution in [3.05, 3.63) is 87.8 Å². The molecule has 1 aliphatic rings. The van der Waals surface area contributed by atoms with E-state index in [0.717, 1.165) is 10.5 Å². The van der Waals surface area contributed by atoms with E-state index in [2.05, 4.69) is 0 Å². The van der Waals surface area contributed by atoms with Crippen LogP contribution in [0.1, 0.15) is 5.56 Å². The van der Waals surface area contributed by atoms with Crippen LogP contribution >= 0.6 is 11.6 Å². The first-order valence-corrected chi connectivity index (χ1v) is 12.8. The zero-order chi connectivity index (χ0) is 25.7. The van der Waals surface area contributed by atoms with Crippen LogP contribution in [0, 0.1) is 0 Å². The number of rotatable bonds is 8. The van der Waals surface area contributed by atoms with Gasteiger partial charge >= 0.3 is 0 Å². The lowest BCUT2D eigenvalue weighted by molar-refractivity contribution is -0.135. The fourth-order valence-electron chi connectivity index (χ4n) is 3.59. The van der Waals surface area contributed by atoms with Gasteiger partial charge in [-0.25, -0.2) is 8.42 Å². The molecular weight excluding hydrogens is 510 g/mol. The number of morpholine rings is 1. The van der Waals surface area contributed by atoms with Crippen molar-refractivity contribution in [3.8, 4) is 11.5 Å². The molecule has 0 bridgehead atoms. The molecule has 2 aromatic carbocycles. The van der Waals surface area contributed by atoms with Gasteiger partial charge in [0.1, 0.15) is 11.5 Å². The molecule has 3 aromatic rings. The van der Waals surface area contributed by atoms with Gasteiger partial charge in [0.2, 0.25) is 15.9 Å². The number of hydrogen-bond donors (Lipinski definition) is 1. The summed E-state index contributed by atoms with van der Waals surface area (Å²) in [6, 6.07) is 15.2. The van der Waals surface area contributed by atoms with E-state index in [1.165, 1.54) is 41.3 Å². The number of aromatic nitrogens is 1. The summed E-state index contributed by atoms with van der Waals surface area (Å²) >= 11 is 5.88. The molecule has 190 valence electrons. The number of pyridine rings is 1. The van der Waals surface area contributed by atoms with Gasteiger partial charge in [0, 0.05) is 36.4 Å². The fraction of sp³-hybridized carbons (Fsp3) is 0.250. The highest BCUT2D eigenvalue weighted by Crippen LogP contribution is 2.26. The standard InChI is InChI=1S/C24H24ClN3O7S/c25-19-3-5-20(6-4-19)35-21-7-9-22(10-8-21)36(32,33)27(16-18-2-1-11-28(31)24(18)30)17-23(29)26-12-14-34-15-13-26/h1-11,31H,12-17H2. The number of nitrogens with zero attached hydrogens (tertiary/aromatic N) is 3. The summed E-state index contributed by atoms with van der Waals surface area (Å²) in [5, 5.41) is 10.3. The lowest BCUT2D eigenvalue weighted by Crippen LogP contribution is -2.47. The Morgan fingerprint density at radius 1 is 1.03 bits per heavy atom. The molecule has 0 atom stereocenters. The summed E-state index contributed by atoms with van der Waals surface area (Å²) in [4.78, 5) is 26.7. The minimum atomic E-state index is -4.21. The van der Waals surface area contributed by atoms with Crippen LogP contribution in [0.2, 0.25) is 5.02 Å². The number of carbonyl (C=O) groups excluding carboxylic acids is 1. The van der Waals surface area contributed by atoms with Crippen LogP contribution in [0.4, 0.5) is 0 Å². The molecule has 0 unspecified atom stereocenters. The Morgan fingerprint density at radius 3 is 2.28 bits per heavy atom. The van der Waals surface area contributed by atoms with Crippen molar-refractivity contribution in [2.24, 2.45) is 0 Å². The number of benzene rings is 2. The van der Waals surface area contributed by atoms with E-state index in [-0.39, 0.29) is 10.5 Å². The van der Waals surface area contributed by atoms with E-state index in [4.69, 9.17) is 21.1 Å². The summed E-state index contributed by atoms with van der Waals surface area (Å²) in [5.74, 6) is 0.514. The molecule has 1 aromatic heterocycles. The highest BCUT2D eigenvalue weighted by atomic mass is 35.5. The monoisotopic (exact) mass is 533 g/mol. The molecular formula is C24H24ClN3O7S. The molecule has 1 aliphatic heterocycles. The van der Waals surface area contributed by atoms with Crippen molar-refractivity contribution in [1.29, 1.82) is 0 Å². The molecule has 1 fully saturated rings. The van der Waals surface area contributed by atoms with Crippen molar-refractivity contribution in [1.82, 2.24) is 13.9 Å². The molecule has 0 spiro atoms.